The molecule has 0 spiro atoms. The van der Waals surface area contributed by atoms with E-state index in [0.29, 0.717) is 18.5 Å². The topological polar surface area (TPSA) is 138 Å². The molecule has 4 fully saturated rings. The minimum absolute atomic E-state index is 0.0121. The van der Waals surface area contributed by atoms with Crippen LogP contribution >= 0.6 is 0 Å². The number of nitrogen functional groups attached to an aromatic ring is 1. The monoisotopic (exact) mass is 633 g/mol. The second kappa shape index (κ2) is 11.0. The van der Waals surface area contributed by atoms with Gasteiger partial charge in [-0.05, 0) is 79.5 Å². The molecule has 3 saturated carbocycles. The van der Waals surface area contributed by atoms with Crippen LogP contribution in [0.5, 0.6) is 11.5 Å². The Bertz CT molecular complexity index is 1660. The summed E-state index contributed by atoms with van der Waals surface area (Å²) >= 11 is 0. The molecule has 1 heterocycles. The van der Waals surface area contributed by atoms with Crippen molar-refractivity contribution in [1.82, 2.24) is 0 Å². The molecule has 0 aromatic heterocycles. The van der Waals surface area contributed by atoms with E-state index in [1.54, 1.807) is 36.4 Å². The fraction of sp³-hybridized carbons (Fsp3) is 0.500. The Kier molecular flexibility index (Phi) is 7.43. The van der Waals surface area contributed by atoms with Crippen molar-refractivity contribution in [3.05, 3.63) is 77.1 Å². The molecule has 4 N–H and O–H groups in total. The fourth-order valence-electron chi connectivity index (χ4n) is 9.69. The zero-order valence-corrected chi connectivity index (χ0v) is 26.2. The quantitative estimate of drug-likeness (QED) is 0.374. The minimum Gasteiger partial charge on any atom is -0.493 e. The second-order valence-corrected chi connectivity index (χ2v) is 13.9. The predicted octanol–water partition coefficient (Wildman–Crippen LogP) is 4.60. The summed E-state index contributed by atoms with van der Waals surface area (Å²) in [5, 5.41) is 22.1. The lowest BCUT2D eigenvalue weighted by atomic mass is 9.46. The molecule has 5 aliphatic rings. The first kappa shape index (κ1) is 31.1. The van der Waals surface area contributed by atoms with Gasteiger partial charge in [-0.2, -0.15) is 0 Å². The van der Waals surface area contributed by atoms with Crippen LogP contribution in [0.15, 0.2) is 60.2 Å². The molecule has 9 nitrogen and oxygen atoms in total. The molecule has 2 aromatic rings. The number of benzene rings is 2. The van der Waals surface area contributed by atoms with E-state index in [1.807, 2.05) is 19.1 Å². The average Bonchev–Trinajstić information content (AvgIpc) is 3.52. The number of aliphatic hydroxyl groups is 2. The third-order valence-electron chi connectivity index (χ3n) is 11.7. The summed E-state index contributed by atoms with van der Waals surface area (Å²) in [6.07, 6.45) is 4.48. The first-order valence-corrected chi connectivity index (χ1v) is 15.9. The first-order valence-electron chi connectivity index (χ1n) is 15.9. The van der Waals surface area contributed by atoms with E-state index >= 15 is 4.39 Å². The third kappa shape index (κ3) is 4.33. The Morgan fingerprint density at radius 2 is 2.02 bits per heavy atom. The van der Waals surface area contributed by atoms with Gasteiger partial charge in [0.2, 0.25) is 0 Å². The number of rotatable bonds is 7. The Morgan fingerprint density at radius 1 is 1.22 bits per heavy atom. The van der Waals surface area contributed by atoms with E-state index in [1.165, 1.54) is 13.2 Å². The Labute approximate surface area is 267 Å². The number of allylic oxidation sites excluding steroid dienone is 4. The Morgan fingerprint density at radius 3 is 2.76 bits per heavy atom. The molecule has 1 aliphatic heterocycles. The number of nitrogens with two attached hydrogens (primary N) is 1. The van der Waals surface area contributed by atoms with E-state index in [4.69, 9.17) is 24.7 Å². The molecule has 0 bridgehead atoms. The van der Waals surface area contributed by atoms with Gasteiger partial charge in [0.1, 0.15) is 13.2 Å². The van der Waals surface area contributed by atoms with Crippen LogP contribution in [0, 0.1) is 34.4 Å². The maximum absolute atomic E-state index is 16.3. The van der Waals surface area contributed by atoms with Crippen LogP contribution in [0.25, 0.3) is 0 Å². The van der Waals surface area contributed by atoms with Gasteiger partial charge in [0.05, 0.1) is 19.3 Å². The van der Waals surface area contributed by atoms with E-state index in [2.05, 4.69) is 6.92 Å². The lowest BCUT2D eigenvalue weighted by Gasteiger charge is -2.59. The summed E-state index contributed by atoms with van der Waals surface area (Å²) < 4.78 is 40.6. The maximum atomic E-state index is 16.3. The van der Waals surface area contributed by atoms with Crippen molar-refractivity contribution in [3.63, 3.8) is 0 Å². The van der Waals surface area contributed by atoms with Gasteiger partial charge in [-0.15, -0.1) is 0 Å². The van der Waals surface area contributed by atoms with Gasteiger partial charge < -0.3 is 34.9 Å². The molecule has 2 aromatic carbocycles. The van der Waals surface area contributed by atoms with Crippen molar-refractivity contribution >= 4 is 17.3 Å². The summed E-state index contributed by atoms with van der Waals surface area (Å²) in [7, 11) is 1.41. The molecule has 46 heavy (non-hydrogen) atoms. The zero-order valence-electron chi connectivity index (χ0n) is 26.2. The molecule has 7 rings (SSSR count). The third-order valence-corrected chi connectivity index (χ3v) is 11.7. The number of methoxy groups -OCH3 is 1. The molecule has 9 atom stereocenters. The van der Waals surface area contributed by atoms with Gasteiger partial charge in [-0.25, -0.2) is 4.39 Å². The highest BCUT2D eigenvalue weighted by molar-refractivity contribution is 6.01. The maximum Gasteiger partial charge on any atom is 0.197 e. The number of ketones is 2. The van der Waals surface area contributed by atoms with Crippen LogP contribution in [-0.4, -0.2) is 53.3 Å². The molecule has 0 unspecified atom stereocenters. The van der Waals surface area contributed by atoms with Gasteiger partial charge in [-0.1, -0.05) is 37.6 Å². The Hall–Kier alpha value is -3.57. The summed E-state index contributed by atoms with van der Waals surface area (Å²) in [6, 6.07) is 10.1. The molecule has 1 saturated heterocycles. The number of hydrogen-bond acceptors (Lipinski definition) is 9. The summed E-state index contributed by atoms with van der Waals surface area (Å²) in [4.78, 5) is 26.0. The normalized spacial score (nSPS) is 37.5. The van der Waals surface area contributed by atoms with Crippen molar-refractivity contribution < 1.29 is 43.1 Å². The number of hydrogen-bond donors (Lipinski definition) is 3. The highest BCUT2D eigenvalue weighted by Crippen LogP contribution is 2.70. The van der Waals surface area contributed by atoms with Crippen molar-refractivity contribution in [3.8, 4) is 11.5 Å². The standard InChI is InChI=1S/C36H40FNO8/c1-34-12-11-22(40)14-20(34)7-8-23-25-15-29-36(28(42)17-39,35(25,2)16-26(41)30(23)34)46-33(45-29)24-9-10-27(43-3)32(31(24)37)44-18-19-5-4-6-21(38)13-19/h4-6,9-14,23,25-26,29-30,33,39,41H,7-8,15-18,38H2,1-3H3/t23-,25-,26-,29+,30+,33-,34-,35-,36+/m0/s1. The van der Waals surface area contributed by atoms with Crippen molar-refractivity contribution in [2.75, 3.05) is 19.5 Å². The highest BCUT2D eigenvalue weighted by Gasteiger charge is 2.76. The number of Topliss-reactive ketones (excluding diaryl/α,β-unsaturated/α-hetero) is 1. The number of carbonyl (C=O) groups is 2. The SMILES string of the molecule is COc1ccc([C@H]2O[C@@H]3C[C@H]4[C@@H]5CCC6=CC(=O)C=C[C@]6(C)[C@H]5[C@@H](O)C[C@]4(C)[C@]3(C(=O)CO)O2)c(F)c1OCc1cccc(N)c1. The van der Waals surface area contributed by atoms with Crippen LogP contribution in [0.3, 0.4) is 0 Å². The fourth-order valence-corrected chi connectivity index (χ4v) is 9.69. The van der Waals surface area contributed by atoms with E-state index in [0.717, 1.165) is 17.6 Å². The van der Waals surface area contributed by atoms with E-state index in [9.17, 15) is 19.8 Å². The van der Waals surface area contributed by atoms with Gasteiger partial charge in [-0.3, -0.25) is 9.59 Å². The van der Waals surface area contributed by atoms with Crippen LogP contribution in [0.1, 0.15) is 56.9 Å². The Balaban J connectivity index is 1.22. The number of aliphatic hydroxyl groups excluding tert-OH is 2. The lowest BCUT2D eigenvalue weighted by molar-refractivity contribution is -0.201. The van der Waals surface area contributed by atoms with Crippen molar-refractivity contribution in [1.29, 1.82) is 0 Å². The predicted molar refractivity (Wildman–Crippen MR) is 165 cm³/mol. The van der Waals surface area contributed by atoms with Gasteiger partial charge in [0, 0.05) is 28.0 Å². The lowest BCUT2D eigenvalue weighted by Crippen LogP contribution is -2.63. The zero-order chi connectivity index (χ0) is 32.6. The average molecular weight is 634 g/mol. The summed E-state index contributed by atoms with van der Waals surface area (Å²) in [5.74, 6) is -1.52. The van der Waals surface area contributed by atoms with E-state index in [-0.39, 0.29) is 53.6 Å². The van der Waals surface area contributed by atoms with Crippen LogP contribution in [0.2, 0.25) is 0 Å². The van der Waals surface area contributed by atoms with Gasteiger partial charge >= 0.3 is 0 Å². The van der Waals surface area contributed by atoms with Gasteiger partial charge in [0.25, 0.3) is 0 Å². The molecular weight excluding hydrogens is 593 g/mol. The van der Waals surface area contributed by atoms with Gasteiger partial charge in [0.15, 0.2) is 40.8 Å². The highest BCUT2D eigenvalue weighted by atomic mass is 19.1. The van der Waals surface area contributed by atoms with E-state index < -0.39 is 53.1 Å². The van der Waals surface area contributed by atoms with Crippen LogP contribution in [-0.2, 0) is 25.7 Å². The second-order valence-electron chi connectivity index (χ2n) is 13.9. The van der Waals surface area contributed by atoms with Crippen LogP contribution in [0.4, 0.5) is 10.1 Å². The van der Waals surface area contributed by atoms with Crippen molar-refractivity contribution in [2.24, 2.45) is 28.6 Å². The largest absolute Gasteiger partial charge is 0.493 e. The molecule has 0 amide bonds. The molecule has 10 heteroatoms. The first-order chi connectivity index (χ1) is 22.0. The summed E-state index contributed by atoms with van der Waals surface area (Å²) in [5.41, 5.74) is 5.25. The number of anilines is 1. The number of halogens is 1. The summed E-state index contributed by atoms with van der Waals surface area (Å²) in [6.45, 7) is 3.27. The number of carbonyl (C=O) groups excluding carboxylic acids is 2. The molecule has 4 aliphatic carbocycles. The minimum atomic E-state index is -1.60. The molecule has 0 radical (unpaired) electrons. The number of fused-ring (bicyclic) bond motifs is 7. The molecule has 244 valence electrons. The van der Waals surface area contributed by atoms with Crippen molar-refractivity contribution in [2.45, 2.75) is 70.2 Å². The smallest absolute Gasteiger partial charge is 0.197 e. The molecular formula is C36H40FNO8. The number of ether oxygens (including phenoxy) is 4. The van der Waals surface area contributed by atoms with Crippen LogP contribution < -0.4 is 15.2 Å².